The molecular formula is C13H22ClN3O. The molecule has 1 rings (SSSR count). The molecule has 0 spiro atoms. The minimum Gasteiger partial charge on any atom is -0.383 e. The number of halogens is 1. The highest BCUT2D eigenvalue weighted by atomic mass is 35.5. The van der Waals surface area contributed by atoms with Crippen molar-refractivity contribution >= 4 is 17.4 Å². The van der Waals surface area contributed by atoms with Crippen LogP contribution in [0.1, 0.15) is 25.2 Å². The second-order valence-electron chi connectivity index (χ2n) is 4.84. The molecule has 0 atom stereocenters. The van der Waals surface area contributed by atoms with E-state index in [1.807, 2.05) is 13.8 Å². The Bertz CT molecular complexity index is 396. The molecule has 0 aliphatic carbocycles. The summed E-state index contributed by atoms with van der Waals surface area (Å²) in [5.74, 6) is 1.28. The number of methoxy groups -OCH3 is 1. The Labute approximate surface area is 114 Å². The molecule has 1 heterocycles. The minimum absolute atomic E-state index is 0.467. The summed E-state index contributed by atoms with van der Waals surface area (Å²) in [5, 5.41) is 0.467. The first-order chi connectivity index (χ1) is 8.45. The lowest BCUT2D eigenvalue weighted by atomic mass is 10.2. The van der Waals surface area contributed by atoms with Crippen molar-refractivity contribution in [3.63, 3.8) is 0 Å². The Morgan fingerprint density at radius 2 is 1.83 bits per heavy atom. The van der Waals surface area contributed by atoms with Gasteiger partial charge in [-0.25, -0.2) is 9.97 Å². The van der Waals surface area contributed by atoms with Gasteiger partial charge in [0.25, 0.3) is 0 Å². The first-order valence-electron chi connectivity index (χ1n) is 6.20. The number of nitrogens with zero attached hydrogens (tertiary/aromatic N) is 3. The largest absolute Gasteiger partial charge is 0.383 e. The molecule has 0 aliphatic rings. The van der Waals surface area contributed by atoms with Crippen LogP contribution in [0.25, 0.3) is 0 Å². The molecule has 18 heavy (non-hydrogen) atoms. The van der Waals surface area contributed by atoms with Crippen molar-refractivity contribution in [1.29, 1.82) is 0 Å². The van der Waals surface area contributed by atoms with E-state index in [0.717, 1.165) is 30.3 Å². The fourth-order valence-electron chi connectivity index (χ4n) is 1.69. The maximum absolute atomic E-state index is 6.20. The molecule has 0 bridgehead atoms. The van der Waals surface area contributed by atoms with Crippen molar-refractivity contribution in [3.05, 3.63) is 16.5 Å². The maximum Gasteiger partial charge on any atom is 0.171 e. The van der Waals surface area contributed by atoms with Crippen molar-refractivity contribution in [3.8, 4) is 0 Å². The van der Waals surface area contributed by atoms with Crippen LogP contribution in [0.3, 0.4) is 0 Å². The molecule has 0 amide bonds. The van der Waals surface area contributed by atoms with Crippen LogP contribution in [0.5, 0.6) is 0 Å². The van der Waals surface area contributed by atoms with Gasteiger partial charge in [0.1, 0.15) is 0 Å². The van der Waals surface area contributed by atoms with E-state index < -0.39 is 0 Å². The number of ether oxygens (including phenoxy) is 1. The second-order valence-corrected chi connectivity index (χ2v) is 5.20. The second kappa shape index (κ2) is 6.90. The number of hydrogen-bond donors (Lipinski definition) is 0. The normalized spacial score (nSPS) is 11.1. The van der Waals surface area contributed by atoms with Gasteiger partial charge in [0.05, 0.1) is 18.0 Å². The van der Waals surface area contributed by atoms with Crippen LogP contribution in [0.4, 0.5) is 5.82 Å². The molecule has 0 unspecified atom stereocenters. The Hall–Kier alpha value is -0.870. The fourth-order valence-corrected chi connectivity index (χ4v) is 1.98. The predicted molar refractivity (Wildman–Crippen MR) is 75.4 cm³/mol. The van der Waals surface area contributed by atoms with E-state index in [1.165, 1.54) is 0 Å². The lowest BCUT2D eigenvalue weighted by Gasteiger charge is -2.26. The molecule has 4 nitrogen and oxygen atoms in total. The van der Waals surface area contributed by atoms with Gasteiger partial charge < -0.3 is 9.64 Å². The summed E-state index contributed by atoms with van der Waals surface area (Å²) in [5.41, 5.74) is 1.79. The summed E-state index contributed by atoms with van der Waals surface area (Å²) in [7, 11) is 1.70. The Balaban J connectivity index is 2.99. The van der Waals surface area contributed by atoms with Gasteiger partial charge in [-0.3, -0.25) is 0 Å². The number of rotatable bonds is 6. The first-order valence-corrected chi connectivity index (χ1v) is 6.58. The van der Waals surface area contributed by atoms with E-state index in [9.17, 15) is 0 Å². The van der Waals surface area contributed by atoms with Crippen LogP contribution >= 0.6 is 11.6 Å². The van der Waals surface area contributed by atoms with Crippen LogP contribution in [0.2, 0.25) is 5.15 Å². The van der Waals surface area contributed by atoms with E-state index in [-0.39, 0.29) is 0 Å². The molecule has 5 heteroatoms. The van der Waals surface area contributed by atoms with Crippen LogP contribution in [-0.2, 0) is 4.74 Å². The monoisotopic (exact) mass is 271 g/mol. The summed E-state index contributed by atoms with van der Waals surface area (Å²) in [6.07, 6.45) is 0. The molecule has 0 aromatic carbocycles. The lowest BCUT2D eigenvalue weighted by Crippen LogP contribution is -2.32. The third-order valence-electron chi connectivity index (χ3n) is 2.70. The standard InChI is InChI=1S/C13H22ClN3O/c1-9(2)8-17(6-7-18-5)13-12(14)15-10(3)11(4)16-13/h9H,6-8H2,1-5H3. The van der Waals surface area contributed by atoms with Gasteiger partial charge in [0, 0.05) is 20.2 Å². The van der Waals surface area contributed by atoms with E-state index in [1.54, 1.807) is 7.11 Å². The fraction of sp³-hybridized carbons (Fsp3) is 0.692. The average Bonchev–Trinajstić information content (AvgIpc) is 2.29. The zero-order chi connectivity index (χ0) is 13.7. The highest BCUT2D eigenvalue weighted by molar-refractivity contribution is 6.31. The quantitative estimate of drug-likeness (QED) is 0.797. The minimum atomic E-state index is 0.467. The molecule has 102 valence electrons. The van der Waals surface area contributed by atoms with Gasteiger partial charge in [0.15, 0.2) is 11.0 Å². The van der Waals surface area contributed by atoms with Crippen molar-refractivity contribution < 1.29 is 4.74 Å². The zero-order valence-electron chi connectivity index (χ0n) is 11.8. The van der Waals surface area contributed by atoms with Gasteiger partial charge in [-0.1, -0.05) is 25.4 Å². The zero-order valence-corrected chi connectivity index (χ0v) is 12.6. The van der Waals surface area contributed by atoms with Gasteiger partial charge in [-0.05, 0) is 19.8 Å². The molecule has 0 fully saturated rings. The summed E-state index contributed by atoms with van der Waals surface area (Å²) in [6.45, 7) is 10.5. The van der Waals surface area contributed by atoms with E-state index in [4.69, 9.17) is 16.3 Å². The van der Waals surface area contributed by atoms with E-state index in [0.29, 0.717) is 17.7 Å². The number of hydrogen-bond acceptors (Lipinski definition) is 4. The average molecular weight is 272 g/mol. The Morgan fingerprint density at radius 3 is 2.39 bits per heavy atom. The van der Waals surface area contributed by atoms with E-state index in [2.05, 4.69) is 28.7 Å². The van der Waals surface area contributed by atoms with Gasteiger partial charge in [0.2, 0.25) is 0 Å². The predicted octanol–water partition coefficient (Wildman–Crippen LogP) is 2.86. The highest BCUT2D eigenvalue weighted by Crippen LogP contribution is 2.23. The molecule has 0 saturated heterocycles. The van der Waals surface area contributed by atoms with Gasteiger partial charge in [-0.15, -0.1) is 0 Å². The van der Waals surface area contributed by atoms with Crippen molar-refractivity contribution in [2.45, 2.75) is 27.7 Å². The SMILES string of the molecule is COCCN(CC(C)C)c1nc(C)c(C)nc1Cl. The number of anilines is 1. The Morgan fingerprint density at radius 1 is 1.22 bits per heavy atom. The molecule has 1 aromatic rings. The summed E-state index contributed by atoms with van der Waals surface area (Å²) < 4.78 is 5.14. The van der Waals surface area contributed by atoms with Crippen molar-refractivity contribution in [2.75, 3.05) is 31.7 Å². The van der Waals surface area contributed by atoms with Crippen LogP contribution < -0.4 is 4.90 Å². The topological polar surface area (TPSA) is 38.2 Å². The maximum atomic E-state index is 6.20. The molecule has 0 aliphatic heterocycles. The molecule has 1 aromatic heterocycles. The lowest BCUT2D eigenvalue weighted by molar-refractivity contribution is 0.204. The highest BCUT2D eigenvalue weighted by Gasteiger charge is 2.15. The smallest absolute Gasteiger partial charge is 0.171 e. The van der Waals surface area contributed by atoms with E-state index >= 15 is 0 Å². The summed E-state index contributed by atoms with van der Waals surface area (Å²) in [6, 6.07) is 0. The van der Waals surface area contributed by atoms with Gasteiger partial charge in [-0.2, -0.15) is 0 Å². The van der Waals surface area contributed by atoms with Crippen molar-refractivity contribution in [1.82, 2.24) is 9.97 Å². The molecular weight excluding hydrogens is 250 g/mol. The van der Waals surface area contributed by atoms with Crippen LogP contribution in [0, 0.1) is 19.8 Å². The van der Waals surface area contributed by atoms with Crippen LogP contribution in [0.15, 0.2) is 0 Å². The first kappa shape index (κ1) is 15.2. The molecule has 0 saturated carbocycles. The molecule has 0 radical (unpaired) electrons. The summed E-state index contributed by atoms with van der Waals surface area (Å²) in [4.78, 5) is 11.0. The number of aromatic nitrogens is 2. The van der Waals surface area contributed by atoms with Crippen LogP contribution in [-0.4, -0.2) is 36.8 Å². The molecule has 0 N–H and O–H groups in total. The number of aryl methyl sites for hydroxylation is 2. The third-order valence-corrected chi connectivity index (χ3v) is 2.95. The van der Waals surface area contributed by atoms with Crippen molar-refractivity contribution in [2.24, 2.45) is 5.92 Å². The summed E-state index contributed by atoms with van der Waals surface area (Å²) >= 11 is 6.20. The Kier molecular flexibility index (Phi) is 5.82. The van der Waals surface area contributed by atoms with Gasteiger partial charge >= 0.3 is 0 Å². The third kappa shape index (κ3) is 4.10.